The van der Waals surface area contributed by atoms with Gasteiger partial charge in [-0.05, 0) is 11.1 Å². The van der Waals surface area contributed by atoms with Crippen LogP contribution in [0.25, 0.3) is 11.3 Å². The third-order valence-electron chi connectivity index (χ3n) is 3.19. The summed E-state index contributed by atoms with van der Waals surface area (Å²) in [4.78, 5) is 12.3. The Kier molecular flexibility index (Phi) is 3.23. The van der Waals surface area contributed by atoms with E-state index in [0.29, 0.717) is 5.57 Å². The number of nitrogens with one attached hydrogen (secondary N) is 2. The predicted octanol–water partition coefficient (Wildman–Crippen LogP) is 1.52. The lowest BCUT2D eigenvalue weighted by molar-refractivity contribution is -0.116. The number of nitrogens with two attached hydrogens (primary N) is 1. The highest BCUT2D eigenvalue weighted by Gasteiger charge is 2.25. The smallest absolute Gasteiger partial charge is 0.256 e. The number of benzene rings is 2. The van der Waals surface area contributed by atoms with Crippen molar-refractivity contribution >= 4 is 17.2 Å². The normalized spacial score (nSPS) is 18.4. The van der Waals surface area contributed by atoms with Crippen LogP contribution in [0, 0.1) is 0 Å². The average Bonchev–Trinajstić information content (AvgIpc) is 2.48. The fourth-order valence-corrected chi connectivity index (χ4v) is 2.30. The summed E-state index contributed by atoms with van der Waals surface area (Å²) < 4.78 is 0. The molecule has 0 bridgehead atoms. The van der Waals surface area contributed by atoms with Crippen molar-refractivity contribution in [2.45, 2.75) is 6.29 Å². The molecule has 0 saturated carbocycles. The lowest BCUT2D eigenvalue weighted by Crippen LogP contribution is -2.54. The molecule has 1 aliphatic heterocycles. The molecular weight excluding hydrogens is 250 g/mol. The molecule has 0 spiro atoms. The molecule has 20 heavy (non-hydrogen) atoms. The molecule has 0 aromatic heterocycles. The van der Waals surface area contributed by atoms with Gasteiger partial charge in [0.1, 0.15) is 0 Å². The molecule has 0 aliphatic carbocycles. The summed E-state index contributed by atoms with van der Waals surface area (Å²) in [6, 6.07) is 19.3. The number of rotatable bonds is 2. The van der Waals surface area contributed by atoms with Crippen LogP contribution in [-0.2, 0) is 4.79 Å². The van der Waals surface area contributed by atoms with Crippen molar-refractivity contribution in [1.29, 1.82) is 0 Å². The quantitative estimate of drug-likeness (QED) is 0.771. The minimum absolute atomic E-state index is 0.165. The van der Waals surface area contributed by atoms with E-state index >= 15 is 0 Å². The fourth-order valence-electron chi connectivity index (χ4n) is 2.30. The zero-order chi connectivity index (χ0) is 13.9. The highest BCUT2D eigenvalue weighted by molar-refractivity contribution is 6.27. The summed E-state index contributed by atoms with van der Waals surface area (Å²) in [7, 11) is 0. The van der Waals surface area contributed by atoms with Gasteiger partial charge in [0.05, 0.1) is 11.3 Å². The first-order valence-corrected chi connectivity index (χ1v) is 6.44. The van der Waals surface area contributed by atoms with Crippen molar-refractivity contribution in [3.63, 3.8) is 0 Å². The van der Waals surface area contributed by atoms with Crippen LogP contribution >= 0.6 is 0 Å². The Hall–Kier alpha value is -2.59. The van der Waals surface area contributed by atoms with Gasteiger partial charge in [0.2, 0.25) is 0 Å². The van der Waals surface area contributed by atoms with Gasteiger partial charge in [-0.2, -0.15) is 0 Å². The first-order chi connectivity index (χ1) is 9.75. The molecule has 4 N–H and O–H groups in total. The second-order valence-electron chi connectivity index (χ2n) is 4.58. The summed E-state index contributed by atoms with van der Waals surface area (Å²) in [5.74, 6) is -0.165. The van der Waals surface area contributed by atoms with Gasteiger partial charge in [-0.3, -0.25) is 10.5 Å². The van der Waals surface area contributed by atoms with Crippen LogP contribution in [0.1, 0.15) is 11.1 Å². The molecule has 1 atom stereocenters. The molecule has 1 heterocycles. The largest absolute Gasteiger partial charge is 0.352 e. The molecule has 4 heteroatoms. The van der Waals surface area contributed by atoms with E-state index in [4.69, 9.17) is 5.73 Å². The standard InChI is InChI=1S/C16H15N3O/c17-16-18-14(12-9-5-2-6-10-12)13(15(20)19-16)11-7-3-1-4-8-11/h1-10,16,18H,17H2,(H,19,20). The van der Waals surface area contributed by atoms with Gasteiger partial charge in [-0.15, -0.1) is 0 Å². The van der Waals surface area contributed by atoms with Gasteiger partial charge in [-0.25, -0.2) is 0 Å². The molecule has 1 aliphatic rings. The van der Waals surface area contributed by atoms with E-state index < -0.39 is 6.29 Å². The zero-order valence-corrected chi connectivity index (χ0v) is 10.8. The summed E-state index contributed by atoms with van der Waals surface area (Å²) in [6.07, 6.45) is -0.579. The highest BCUT2D eigenvalue weighted by Crippen LogP contribution is 2.26. The maximum Gasteiger partial charge on any atom is 0.256 e. The first kappa shape index (κ1) is 12.4. The molecule has 0 saturated heterocycles. The molecule has 0 fully saturated rings. The first-order valence-electron chi connectivity index (χ1n) is 6.44. The van der Waals surface area contributed by atoms with Crippen LogP contribution < -0.4 is 16.4 Å². The molecule has 0 radical (unpaired) electrons. The van der Waals surface area contributed by atoms with Crippen LogP contribution in [0.3, 0.4) is 0 Å². The van der Waals surface area contributed by atoms with E-state index in [1.807, 2.05) is 60.7 Å². The maximum atomic E-state index is 12.3. The molecule has 2 aromatic rings. The monoisotopic (exact) mass is 265 g/mol. The van der Waals surface area contributed by atoms with E-state index in [2.05, 4.69) is 10.6 Å². The lowest BCUT2D eigenvalue weighted by atomic mass is 9.97. The predicted molar refractivity (Wildman–Crippen MR) is 79.0 cm³/mol. The number of carbonyl (C=O) groups excluding carboxylic acids is 1. The van der Waals surface area contributed by atoms with E-state index in [0.717, 1.165) is 16.8 Å². The molecule has 3 rings (SSSR count). The molecule has 100 valence electrons. The number of carbonyl (C=O) groups is 1. The number of amides is 1. The summed E-state index contributed by atoms with van der Waals surface area (Å²) in [5.41, 5.74) is 8.99. The van der Waals surface area contributed by atoms with Gasteiger partial charge < -0.3 is 10.6 Å². The molecular formula is C16H15N3O. The average molecular weight is 265 g/mol. The zero-order valence-electron chi connectivity index (χ0n) is 10.8. The van der Waals surface area contributed by atoms with Crippen LogP contribution in [0.4, 0.5) is 0 Å². The second-order valence-corrected chi connectivity index (χ2v) is 4.58. The van der Waals surface area contributed by atoms with Crippen LogP contribution in [0.15, 0.2) is 60.7 Å². The SMILES string of the molecule is NC1NC(=O)C(c2ccccc2)=C(c2ccccc2)N1. The summed E-state index contributed by atoms with van der Waals surface area (Å²) in [6.45, 7) is 0. The van der Waals surface area contributed by atoms with Crippen molar-refractivity contribution < 1.29 is 4.79 Å². The molecule has 1 unspecified atom stereocenters. The number of hydrogen-bond donors (Lipinski definition) is 3. The van der Waals surface area contributed by atoms with Gasteiger partial charge in [-0.1, -0.05) is 60.7 Å². The van der Waals surface area contributed by atoms with Gasteiger partial charge in [0.15, 0.2) is 6.29 Å². The van der Waals surface area contributed by atoms with E-state index in [1.54, 1.807) is 0 Å². The third kappa shape index (κ3) is 2.29. The van der Waals surface area contributed by atoms with Crippen LogP contribution in [-0.4, -0.2) is 12.2 Å². The Balaban J connectivity index is 2.19. The van der Waals surface area contributed by atoms with Crippen molar-refractivity contribution in [1.82, 2.24) is 10.6 Å². The Morgan fingerprint density at radius 2 is 1.35 bits per heavy atom. The molecule has 4 nitrogen and oxygen atoms in total. The maximum absolute atomic E-state index is 12.3. The lowest BCUT2D eigenvalue weighted by Gasteiger charge is -2.28. The van der Waals surface area contributed by atoms with Crippen LogP contribution in [0.5, 0.6) is 0 Å². The minimum atomic E-state index is -0.579. The summed E-state index contributed by atoms with van der Waals surface area (Å²) in [5, 5.41) is 5.83. The second kappa shape index (κ2) is 5.19. The molecule has 1 amide bonds. The van der Waals surface area contributed by atoms with Crippen molar-refractivity contribution in [3.05, 3.63) is 71.8 Å². The van der Waals surface area contributed by atoms with Crippen molar-refractivity contribution in [2.75, 3.05) is 0 Å². The Morgan fingerprint density at radius 3 is 1.95 bits per heavy atom. The minimum Gasteiger partial charge on any atom is -0.352 e. The van der Waals surface area contributed by atoms with E-state index in [-0.39, 0.29) is 5.91 Å². The van der Waals surface area contributed by atoms with Crippen LogP contribution in [0.2, 0.25) is 0 Å². The van der Waals surface area contributed by atoms with Crippen molar-refractivity contribution in [2.24, 2.45) is 5.73 Å². The highest BCUT2D eigenvalue weighted by atomic mass is 16.2. The van der Waals surface area contributed by atoms with E-state index in [1.165, 1.54) is 0 Å². The molecule has 2 aromatic carbocycles. The number of hydrogen-bond acceptors (Lipinski definition) is 3. The Labute approximate surface area is 117 Å². The van der Waals surface area contributed by atoms with Gasteiger partial charge in [0, 0.05) is 0 Å². The topological polar surface area (TPSA) is 67.1 Å². The third-order valence-corrected chi connectivity index (χ3v) is 3.19. The fraction of sp³-hybridized carbons (Fsp3) is 0.0625. The Bertz CT molecular complexity index is 650. The van der Waals surface area contributed by atoms with E-state index in [9.17, 15) is 4.79 Å². The Morgan fingerprint density at radius 1 is 0.800 bits per heavy atom. The van der Waals surface area contributed by atoms with Gasteiger partial charge in [0.25, 0.3) is 5.91 Å². The van der Waals surface area contributed by atoms with Gasteiger partial charge >= 0.3 is 0 Å². The van der Waals surface area contributed by atoms with Crippen molar-refractivity contribution in [3.8, 4) is 0 Å². The summed E-state index contributed by atoms with van der Waals surface area (Å²) >= 11 is 0.